The van der Waals surface area contributed by atoms with Gasteiger partial charge in [-0.05, 0) is 23.8 Å². The molecule has 0 atom stereocenters. The number of benzene rings is 2. The largest absolute Gasteiger partial charge is 0.507 e. The molecule has 0 saturated heterocycles. The summed E-state index contributed by atoms with van der Waals surface area (Å²) in [6, 6.07) is 5.09. The van der Waals surface area contributed by atoms with E-state index in [4.69, 9.17) is 5.41 Å². The van der Waals surface area contributed by atoms with Gasteiger partial charge in [0.05, 0.1) is 11.3 Å². The minimum atomic E-state index is -4.83. The van der Waals surface area contributed by atoms with Crippen LogP contribution < -0.4 is 10.6 Å². The van der Waals surface area contributed by atoms with E-state index in [1.807, 2.05) is 0 Å². The monoisotopic (exact) mass is 421 g/mol. The Hall–Kier alpha value is -3.69. The van der Waals surface area contributed by atoms with Crippen LogP contribution in [-0.2, 0) is 20.6 Å². The van der Waals surface area contributed by atoms with Gasteiger partial charge in [-0.1, -0.05) is 13.0 Å². The fourth-order valence-corrected chi connectivity index (χ4v) is 2.73. The molecule has 0 radical (unpaired) electrons. The lowest BCUT2D eigenvalue weighted by molar-refractivity contribution is -0.137. The van der Waals surface area contributed by atoms with Gasteiger partial charge in [-0.2, -0.15) is 13.2 Å². The van der Waals surface area contributed by atoms with E-state index < -0.39 is 35.0 Å². The van der Waals surface area contributed by atoms with Gasteiger partial charge in [0.2, 0.25) is 11.8 Å². The fraction of sp³-hybridized carbons (Fsp3) is 0.200. The zero-order chi connectivity index (χ0) is 22.6. The fourth-order valence-electron chi connectivity index (χ4n) is 2.73. The molecule has 10 heteroatoms. The van der Waals surface area contributed by atoms with Crippen molar-refractivity contribution >= 4 is 35.2 Å². The van der Waals surface area contributed by atoms with Crippen LogP contribution >= 0.6 is 0 Å². The van der Waals surface area contributed by atoms with E-state index in [1.54, 1.807) is 0 Å². The standard InChI is InChI=1S/C20H18F3N3O4/c1-3-19(30)26-17-8-18(29)14(16(24)9-27)7-13(17)12-5-4-11(25-10(2)28)6-15(12)20(21,22)23/h4-9,24,29H,3H2,1-2H3,(H,25,28)(H,26,30). The Kier molecular flexibility index (Phi) is 6.60. The molecule has 0 aromatic heterocycles. The van der Waals surface area contributed by atoms with Crippen LogP contribution in [0, 0.1) is 5.41 Å². The van der Waals surface area contributed by atoms with Crippen LogP contribution in [-0.4, -0.2) is 28.9 Å². The van der Waals surface area contributed by atoms with Gasteiger partial charge in [0.25, 0.3) is 0 Å². The Morgan fingerprint density at radius 1 is 1.13 bits per heavy atom. The molecule has 0 aliphatic carbocycles. The number of halogens is 3. The van der Waals surface area contributed by atoms with E-state index in [0.717, 1.165) is 31.2 Å². The molecule has 0 aliphatic heterocycles. The first-order valence-corrected chi connectivity index (χ1v) is 8.68. The second kappa shape index (κ2) is 8.76. The van der Waals surface area contributed by atoms with Crippen LogP contribution in [0.1, 0.15) is 31.4 Å². The van der Waals surface area contributed by atoms with Crippen molar-refractivity contribution in [1.82, 2.24) is 0 Å². The second-order valence-corrected chi connectivity index (χ2v) is 6.29. The molecule has 2 aromatic carbocycles. The minimum Gasteiger partial charge on any atom is -0.507 e. The molecule has 30 heavy (non-hydrogen) atoms. The SMILES string of the molecule is CCC(=O)Nc1cc(O)c(C(=N)C=O)cc1-c1ccc(NC(C)=O)cc1C(F)(F)F. The lowest BCUT2D eigenvalue weighted by Crippen LogP contribution is -2.14. The number of alkyl halides is 3. The van der Waals surface area contributed by atoms with Crippen LogP contribution in [0.4, 0.5) is 24.5 Å². The Bertz CT molecular complexity index is 1030. The van der Waals surface area contributed by atoms with Crippen molar-refractivity contribution in [2.75, 3.05) is 10.6 Å². The third-order valence-corrected chi connectivity index (χ3v) is 4.07. The average Bonchev–Trinajstić information content (AvgIpc) is 2.66. The van der Waals surface area contributed by atoms with Gasteiger partial charge in [-0.25, -0.2) is 0 Å². The van der Waals surface area contributed by atoms with Crippen LogP contribution in [0.25, 0.3) is 11.1 Å². The van der Waals surface area contributed by atoms with E-state index in [-0.39, 0.29) is 40.8 Å². The number of nitrogens with one attached hydrogen (secondary N) is 3. The smallest absolute Gasteiger partial charge is 0.417 e. The number of hydrogen-bond donors (Lipinski definition) is 4. The van der Waals surface area contributed by atoms with Gasteiger partial charge in [0.15, 0.2) is 6.29 Å². The summed E-state index contributed by atoms with van der Waals surface area (Å²) in [7, 11) is 0. The predicted octanol–water partition coefficient (Wildman–Crippen LogP) is 3.95. The molecule has 2 amide bonds. The van der Waals surface area contributed by atoms with Gasteiger partial charge >= 0.3 is 6.18 Å². The minimum absolute atomic E-state index is 0.0275. The normalized spacial score (nSPS) is 11.0. The maximum absolute atomic E-state index is 13.8. The van der Waals surface area contributed by atoms with Crippen LogP contribution in [0.15, 0.2) is 30.3 Å². The van der Waals surface area contributed by atoms with E-state index in [0.29, 0.717) is 0 Å². The molecule has 2 aromatic rings. The Labute approximate surface area is 169 Å². The molecule has 0 fully saturated rings. The molecular formula is C20H18F3N3O4. The Morgan fingerprint density at radius 3 is 2.33 bits per heavy atom. The maximum atomic E-state index is 13.8. The lowest BCUT2D eigenvalue weighted by Gasteiger charge is -2.19. The maximum Gasteiger partial charge on any atom is 0.417 e. The molecule has 2 rings (SSSR count). The molecule has 7 nitrogen and oxygen atoms in total. The summed E-state index contributed by atoms with van der Waals surface area (Å²) in [4.78, 5) is 34.0. The molecule has 0 saturated carbocycles. The molecule has 0 bridgehead atoms. The highest BCUT2D eigenvalue weighted by molar-refractivity contribution is 6.35. The summed E-state index contributed by atoms with van der Waals surface area (Å²) in [5.41, 5.74) is -2.80. The molecule has 158 valence electrons. The average molecular weight is 421 g/mol. The first kappa shape index (κ1) is 22.6. The quantitative estimate of drug-likeness (QED) is 0.417. The Balaban J connectivity index is 2.82. The van der Waals surface area contributed by atoms with E-state index in [9.17, 15) is 32.7 Å². The number of aldehydes is 1. The first-order chi connectivity index (χ1) is 14.0. The highest BCUT2D eigenvalue weighted by atomic mass is 19.4. The third kappa shape index (κ3) is 5.02. The number of carbonyl (C=O) groups is 3. The summed E-state index contributed by atoms with van der Waals surface area (Å²) in [5.74, 6) is -1.62. The van der Waals surface area contributed by atoms with Gasteiger partial charge in [-0.3, -0.25) is 19.8 Å². The number of phenolic OH excluding ortho intramolecular Hbond substituents is 1. The van der Waals surface area contributed by atoms with Crippen molar-refractivity contribution in [2.45, 2.75) is 26.4 Å². The van der Waals surface area contributed by atoms with Crippen LogP contribution in [0.3, 0.4) is 0 Å². The number of phenols is 1. The van der Waals surface area contributed by atoms with Crippen molar-refractivity contribution in [3.05, 3.63) is 41.5 Å². The van der Waals surface area contributed by atoms with Crippen molar-refractivity contribution in [2.24, 2.45) is 0 Å². The number of aromatic hydroxyl groups is 1. The Morgan fingerprint density at radius 2 is 1.80 bits per heavy atom. The molecule has 0 spiro atoms. The summed E-state index contributed by atoms with van der Waals surface area (Å²) >= 11 is 0. The van der Waals surface area contributed by atoms with Crippen molar-refractivity contribution < 1.29 is 32.7 Å². The molecule has 0 unspecified atom stereocenters. The van der Waals surface area contributed by atoms with E-state index >= 15 is 0 Å². The lowest BCUT2D eigenvalue weighted by atomic mass is 9.93. The number of anilines is 2. The second-order valence-electron chi connectivity index (χ2n) is 6.29. The zero-order valence-electron chi connectivity index (χ0n) is 16.0. The summed E-state index contributed by atoms with van der Waals surface area (Å²) in [5, 5.41) is 22.4. The molecule has 4 N–H and O–H groups in total. The number of rotatable bonds is 6. The van der Waals surface area contributed by atoms with Crippen molar-refractivity contribution in [3.8, 4) is 16.9 Å². The number of hydrogen-bond acceptors (Lipinski definition) is 5. The van der Waals surface area contributed by atoms with E-state index in [1.165, 1.54) is 13.0 Å². The first-order valence-electron chi connectivity index (χ1n) is 8.68. The third-order valence-electron chi connectivity index (χ3n) is 4.07. The van der Waals surface area contributed by atoms with Gasteiger partial charge in [0.1, 0.15) is 11.5 Å². The molecular weight excluding hydrogens is 403 g/mol. The highest BCUT2D eigenvalue weighted by Gasteiger charge is 2.35. The zero-order valence-corrected chi connectivity index (χ0v) is 16.0. The summed E-state index contributed by atoms with van der Waals surface area (Å²) in [6.07, 6.45) is -4.67. The highest BCUT2D eigenvalue weighted by Crippen LogP contribution is 2.42. The number of amides is 2. The van der Waals surface area contributed by atoms with Crippen molar-refractivity contribution in [1.29, 1.82) is 5.41 Å². The van der Waals surface area contributed by atoms with Gasteiger partial charge in [0, 0.05) is 36.2 Å². The summed E-state index contributed by atoms with van der Waals surface area (Å²) < 4.78 is 41.3. The van der Waals surface area contributed by atoms with Gasteiger partial charge in [-0.15, -0.1) is 0 Å². The molecule has 0 aliphatic rings. The summed E-state index contributed by atoms with van der Waals surface area (Å²) in [6.45, 7) is 2.69. The number of carbonyl (C=O) groups excluding carboxylic acids is 3. The van der Waals surface area contributed by atoms with Gasteiger partial charge < -0.3 is 15.7 Å². The predicted molar refractivity (Wildman–Crippen MR) is 105 cm³/mol. The van der Waals surface area contributed by atoms with Crippen LogP contribution in [0.5, 0.6) is 5.75 Å². The van der Waals surface area contributed by atoms with E-state index in [2.05, 4.69) is 10.6 Å². The van der Waals surface area contributed by atoms with Crippen molar-refractivity contribution in [3.63, 3.8) is 0 Å². The van der Waals surface area contributed by atoms with Crippen LogP contribution in [0.2, 0.25) is 0 Å². The topological polar surface area (TPSA) is 119 Å². The molecule has 0 heterocycles.